The molecule has 22 heavy (non-hydrogen) atoms. The van der Waals surface area contributed by atoms with Crippen molar-refractivity contribution in [1.82, 2.24) is 4.98 Å². The molecule has 0 saturated carbocycles. The summed E-state index contributed by atoms with van der Waals surface area (Å²) in [6.07, 6.45) is -1.60. The molecule has 1 fully saturated rings. The van der Waals surface area contributed by atoms with Crippen molar-refractivity contribution >= 4 is 11.9 Å². The van der Waals surface area contributed by atoms with E-state index in [2.05, 4.69) is 4.98 Å². The van der Waals surface area contributed by atoms with Crippen LogP contribution in [0.15, 0.2) is 0 Å². The SMILES string of the molecule is COC(=O)c1c(C)nc(C)c2c1[C@H]1O[C@@H](C)OC[C@H]1OC2=O. The normalized spacial score (nSPS) is 26.7. The molecule has 1 saturated heterocycles. The highest BCUT2D eigenvalue weighted by atomic mass is 16.7. The summed E-state index contributed by atoms with van der Waals surface area (Å²) in [5, 5.41) is 0. The zero-order valence-corrected chi connectivity index (χ0v) is 12.8. The van der Waals surface area contributed by atoms with Crippen molar-refractivity contribution in [3.8, 4) is 0 Å². The average molecular weight is 307 g/mol. The van der Waals surface area contributed by atoms with Crippen LogP contribution in [-0.2, 0) is 18.9 Å². The van der Waals surface area contributed by atoms with E-state index >= 15 is 0 Å². The molecule has 7 nitrogen and oxygen atoms in total. The van der Waals surface area contributed by atoms with Gasteiger partial charge in [0.25, 0.3) is 0 Å². The van der Waals surface area contributed by atoms with Crippen LogP contribution < -0.4 is 0 Å². The first kappa shape index (κ1) is 14.9. The van der Waals surface area contributed by atoms with Gasteiger partial charge >= 0.3 is 11.9 Å². The predicted molar refractivity (Wildman–Crippen MR) is 73.5 cm³/mol. The summed E-state index contributed by atoms with van der Waals surface area (Å²) in [7, 11) is 1.29. The minimum absolute atomic E-state index is 0.220. The Morgan fingerprint density at radius 1 is 1.32 bits per heavy atom. The summed E-state index contributed by atoms with van der Waals surface area (Å²) in [6, 6.07) is 0. The molecule has 7 heteroatoms. The molecule has 0 N–H and O–H groups in total. The molecule has 2 aliphatic heterocycles. The second kappa shape index (κ2) is 5.33. The summed E-state index contributed by atoms with van der Waals surface area (Å²) in [4.78, 5) is 28.7. The summed E-state index contributed by atoms with van der Waals surface area (Å²) >= 11 is 0. The number of hydrogen-bond acceptors (Lipinski definition) is 7. The number of pyridine rings is 1. The zero-order valence-electron chi connectivity index (χ0n) is 12.8. The van der Waals surface area contributed by atoms with E-state index in [1.54, 1.807) is 20.8 Å². The van der Waals surface area contributed by atoms with Gasteiger partial charge in [0.15, 0.2) is 12.4 Å². The molecule has 0 spiro atoms. The highest BCUT2D eigenvalue weighted by Crippen LogP contribution is 2.40. The highest BCUT2D eigenvalue weighted by molar-refractivity contribution is 6.00. The Hall–Kier alpha value is -1.99. The Kier molecular flexibility index (Phi) is 3.62. The van der Waals surface area contributed by atoms with Crippen molar-refractivity contribution in [3.63, 3.8) is 0 Å². The number of esters is 2. The maximum absolute atomic E-state index is 12.3. The van der Waals surface area contributed by atoms with Gasteiger partial charge in [-0.3, -0.25) is 4.98 Å². The summed E-state index contributed by atoms with van der Waals surface area (Å²) in [5.41, 5.74) is 2.05. The van der Waals surface area contributed by atoms with Crippen molar-refractivity contribution in [2.75, 3.05) is 13.7 Å². The maximum Gasteiger partial charge on any atom is 0.340 e. The predicted octanol–water partition coefficient (Wildman–Crippen LogP) is 1.46. The van der Waals surface area contributed by atoms with Crippen molar-refractivity contribution in [1.29, 1.82) is 0 Å². The van der Waals surface area contributed by atoms with Crippen LogP contribution in [0.4, 0.5) is 0 Å². The van der Waals surface area contributed by atoms with E-state index in [0.29, 0.717) is 17.0 Å². The topological polar surface area (TPSA) is 84.0 Å². The largest absolute Gasteiger partial charge is 0.465 e. The van der Waals surface area contributed by atoms with E-state index in [0.717, 1.165) is 0 Å². The summed E-state index contributed by atoms with van der Waals surface area (Å²) < 4.78 is 21.4. The Bertz CT molecular complexity index is 656. The summed E-state index contributed by atoms with van der Waals surface area (Å²) in [6.45, 7) is 5.39. The molecular weight excluding hydrogens is 290 g/mol. The van der Waals surface area contributed by atoms with Crippen LogP contribution in [0.3, 0.4) is 0 Å². The Morgan fingerprint density at radius 3 is 2.73 bits per heavy atom. The van der Waals surface area contributed by atoms with E-state index in [1.807, 2.05) is 0 Å². The second-order valence-corrected chi connectivity index (χ2v) is 5.34. The number of ether oxygens (including phenoxy) is 4. The quantitative estimate of drug-likeness (QED) is 0.726. The number of aromatic nitrogens is 1. The standard InChI is InChI=1S/C15H17NO6/c1-6-10(14(17)19-4)12-11(7(2)16-6)15(18)22-9-5-20-8(3)21-13(9)12/h8-9,13H,5H2,1-4H3/t8-,9+,13-/m0/s1. The first-order chi connectivity index (χ1) is 10.4. The van der Waals surface area contributed by atoms with Crippen molar-refractivity contribution in [3.05, 3.63) is 28.1 Å². The fraction of sp³-hybridized carbons (Fsp3) is 0.533. The van der Waals surface area contributed by atoms with Gasteiger partial charge in [-0.15, -0.1) is 0 Å². The maximum atomic E-state index is 12.3. The third-order valence-corrected chi connectivity index (χ3v) is 3.91. The smallest absolute Gasteiger partial charge is 0.340 e. The van der Waals surface area contributed by atoms with Crippen LogP contribution >= 0.6 is 0 Å². The van der Waals surface area contributed by atoms with Gasteiger partial charge in [-0.25, -0.2) is 9.59 Å². The van der Waals surface area contributed by atoms with Crippen molar-refractivity contribution in [2.24, 2.45) is 0 Å². The average Bonchev–Trinajstić information content (AvgIpc) is 2.47. The minimum atomic E-state index is -0.583. The van der Waals surface area contributed by atoms with E-state index < -0.39 is 30.4 Å². The molecule has 0 aliphatic carbocycles. The minimum Gasteiger partial charge on any atom is -0.465 e. The second-order valence-electron chi connectivity index (χ2n) is 5.34. The van der Waals surface area contributed by atoms with E-state index in [1.165, 1.54) is 7.11 Å². The van der Waals surface area contributed by atoms with Gasteiger partial charge in [-0.05, 0) is 20.8 Å². The Balaban J connectivity index is 2.25. The van der Waals surface area contributed by atoms with Crippen LogP contribution in [0.2, 0.25) is 0 Å². The number of aryl methyl sites for hydroxylation is 2. The molecule has 0 unspecified atom stereocenters. The fourth-order valence-electron chi connectivity index (χ4n) is 2.98. The zero-order chi connectivity index (χ0) is 16.0. The number of rotatable bonds is 1. The third kappa shape index (κ3) is 2.17. The van der Waals surface area contributed by atoms with Gasteiger partial charge < -0.3 is 18.9 Å². The van der Waals surface area contributed by atoms with Crippen LogP contribution in [0.5, 0.6) is 0 Å². The Morgan fingerprint density at radius 2 is 2.05 bits per heavy atom. The lowest BCUT2D eigenvalue weighted by atomic mass is 9.89. The number of carbonyl (C=O) groups excluding carboxylic acids is 2. The molecule has 2 aliphatic rings. The highest BCUT2D eigenvalue weighted by Gasteiger charge is 2.45. The van der Waals surface area contributed by atoms with Gasteiger partial charge in [0.2, 0.25) is 0 Å². The number of fused-ring (bicyclic) bond motifs is 3. The van der Waals surface area contributed by atoms with E-state index in [4.69, 9.17) is 18.9 Å². The third-order valence-electron chi connectivity index (χ3n) is 3.91. The molecule has 0 amide bonds. The lowest BCUT2D eigenvalue weighted by Crippen LogP contribution is -2.45. The monoisotopic (exact) mass is 307 g/mol. The van der Waals surface area contributed by atoms with Gasteiger partial charge in [0.05, 0.1) is 36.2 Å². The van der Waals surface area contributed by atoms with Crippen LogP contribution in [0.25, 0.3) is 0 Å². The van der Waals surface area contributed by atoms with Gasteiger partial charge in [-0.1, -0.05) is 0 Å². The molecule has 0 bridgehead atoms. The molecular formula is C15H17NO6. The number of methoxy groups -OCH3 is 1. The van der Waals surface area contributed by atoms with Crippen molar-refractivity contribution < 1.29 is 28.5 Å². The fourth-order valence-corrected chi connectivity index (χ4v) is 2.98. The molecule has 1 aromatic heterocycles. The molecule has 0 radical (unpaired) electrons. The lowest BCUT2D eigenvalue weighted by molar-refractivity contribution is -0.249. The molecule has 3 atom stereocenters. The Labute approximate surface area is 127 Å². The molecule has 3 rings (SSSR count). The van der Waals surface area contributed by atoms with Gasteiger partial charge in [0.1, 0.15) is 6.10 Å². The summed E-state index contributed by atoms with van der Waals surface area (Å²) in [5.74, 6) is -1.06. The van der Waals surface area contributed by atoms with Crippen LogP contribution in [-0.4, -0.2) is 43.0 Å². The number of nitrogens with zero attached hydrogens (tertiary/aromatic N) is 1. The lowest BCUT2D eigenvalue weighted by Gasteiger charge is -2.39. The van der Waals surface area contributed by atoms with Crippen LogP contribution in [0, 0.1) is 13.8 Å². The molecule has 3 heterocycles. The van der Waals surface area contributed by atoms with Gasteiger partial charge in [-0.2, -0.15) is 0 Å². The van der Waals surface area contributed by atoms with Gasteiger partial charge in [0, 0.05) is 5.56 Å². The number of carbonyl (C=O) groups is 2. The van der Waals surface area contributed by atoms with E-state index in [9.17, 15) is 9.59 Å². The first-order valence-corrected chi connectivity index (χ1v) is 7.01. The number of hydrogen-bond donors (Lipinski definition) is 0. The van der Waals surface area contributed by atoms with Crippen molar-refractivity contribution in [2.45, 2.75) is 39.3 Å². The van der Waals surface area contributed by atoms with Crippen LogP contribution in [0.1, 0.15) is 50.7 Å². The molecule has 0 aromatic carbocycles. The van der Waals surface area contributed by atoms with E-state index in [-0.39, 0.29) is 17.7 Å². The first-order valence-electron chi connectivity index (χ1n) is 7.01. The molecule has 1 aromatic rings. The molecule has 118 valence electrons.